The largest absolute Gasteiger partial charge is 0.348 e. The van der Waals surface area contributed by atoms with Crippen LogP contribution >= 0.6 is 33.9 Å². The Morgan fingerprint density at radius 1 is 1.35 bits per heavy atom. The molecule has 2 rings (SSSR count). The van der Waals surface area contributed by atoms with Gasteiger partial charge in [0, 0.05) is 17.5 Å². The highest BCUT2D eigenvalue weighted by atomic mass is 127. The predicted octanol–water partition coefficient (Wildman–Crippen LogP) is 1.94. The van der Waals surface area contributed by atoms with Crippen LogP contribution in [0.4, 0.5) is 0 Å². The summed E-state index contributed by atoms with van der Waals surface area (Å²) in [6.07, 6.45) is 4.71. The summed E-state index contributed by atoms with van der Waals surface area (Å²) in [6.45, 7) is 0. The van der Waals surface area contributed by atoms with E-state index < -0.39 is 10.0 Å². The average molecular weight is 428 g/mol. The Hall–Kier alpha value is -0.190. The minimum absolute atomic E-state index is 0.128. The van der Waals surface area contributed by atoms with Crippen LogP contribution in [0, 0.1) is 2.88 Å². The van der Waals surface area contributed by atoms with Crippen molar-refractivity contribution in [2.75, 3.05) is 6.26 Å². The van der Waals surface area contributed by atoms with Crippen molar-refractivity contribution in [3.05, 3.63) is 19.9 Å². The monoisotopic (exact) mass is 428 g/mol. The van der Waals surface area contributed by atoms with E-state index in [0.29, 0.717) is 5.56 Å². The minimum atomic E-state index is -3.25. The van der Waals surface area contributed by atoms with Gasteiger partial charge in [0.05, 0.1) is 14.7 Å². The van der Waals surface area contributed by atoms with Crippen LogP contribution in [0.1, 0.15) is 36.0 Å². The molecule has 20 heavy (non-hydrogen) atoms. The SMILES string of the molecule is CS(=O)(=O)N[C@@H]1CCCC[C@@H]1NC(=O)c1csc(I)c1. The van der Waals surface area contributed by atoms with Gasteiger partial charge in [-0.1, -0.05) is 12.8 Å². The summed E-state index contributed by atoms with van der Waals surface area (Å²) in [6, 6.07) is 1.49. The molecule has 0 aromatic carbocycles. The van der Waals surface area contributed by atoms with E-state index in [1.165, 1.54) is 11.3 Å². The summed E-state index contributed by atoms with van der Waals surface area (Å²) in [5.41, 5.74) is 0.642. The third-order valence-corrected chi connectivity index (χ3v) is 5.80. The third-order valence-electron chi connectivity index (χ3n) is 3.28. The molecule has 0 saturated heterocycles. The average Bonchev–Trinajstić information content (AvgIpc) is 2.77. The number of hydrogen-bond acceptors (Lipinski definition) is 4. The summed E-state index contributed by atoms with van der Waals surface area (Å²) >= 11 is 3.69. The van der Waals surface area contributed by atoms with Crippen molar-refractivity contribution in [2.24, 2.45) is 0 Å². The molecule has 2 N–H and O–H groups in total. The zero-order valence-corrected chi connectivity index (χ0v) is 14.8. The summed E-state index contributed by atoms with van der Waals surface area (Å²) < 4.78 is 26.4. The van der Waals surface area contributed by atoms with Gasteiger partial charge in [-0.15, -0.1) is 11.3 Å². The third kappa shape index (κ3) is 4.68. The Balaban J connectivity index is 2.03. The maximum absolute atomic E-state index is 12.2. The number of amides is 1. The minimum Gasteiger partial charge on any atom is -0.348 e. The van der Waals surface area contributed by atoms with Crippen LogP contribution < -0.4 is 10.0 Å². The quantitative estimate of drug-likeness (QED) is 0.720. The number of carbonyl (C=O) groups is 1. The lowest BCUT2D eigenvalue weighted by atomic mass is 9.91. The fraction of sp³-hybridized carbons (Fsp3) is 0.583. The summed E-state index contributed by atoms with van der Waals surface area (Å²) in [5.74, 6) is -0.128. The van der Waals surface area contributed by atoms with Gasteiger partial charge < -0.3 is 5.32 Å². The van der Waals surface area contributed by atoms with Crippen LogP contribution in [0.2, 0.25) is 0 Å². The van der Waals surface area contributed by atoms with Gasteiger partial charge in [0.2, 0.25) is 10.0 Å². The van der Waals surface area contributed by atoms with Crippen molar-refractivity contribution in [1.82, 2.24) is 10.0 Å². The molecule has 5 nitrogen and oxygen atoms in total. The van der Waals surface area contributed by atoms with Crippen LogP contribution in [0.5, 0.6) is 0 Å². The van der Waals surface area contributed by atoms with E-state index >= 15 is 0 Å². The molecule has 1 heterocycles. The van der Waals surface area contributed by atoms with Gasteiger partial charge in [0.15, 0.2) is 0 Å². The molecule has 1 aromatic rings. The van der Waals surface area contributed by atoms with Crippen molar-refractivity contribution in [1.29, 1.82) is 0 Å². The number of sulfonamides is 1. The van der Waals surface area contributed by atoms with E-state index in [9.17, 15) is 13.2 Å². The highest BCUT2D eigenvalue weighted by molar-refractivity contribution is 14.1. The standard InChI is InChI=1S/C12H17IN2O3S2/c1-20(17,18)15-10-5-3-2-4-9(10)14-12(16)8-6-11(13)19-7-8/h6-7,9-10,15H,2-5H2,1H3,(H,14,16)/t9-,10+/m0/s1. The van der Waals surface area contributed by atoms with Gasteiger partial charge in [-0.25, -0.2) is 13.1 Å². The van der Waals surface area contributed by atoms with E-state index in [-0.39, 0.29) is 18.0 Å². The molecular formula is C12H17IN2O3S2. The van der Waals surface area contributed by atoms with Crippen molar-refractivity contribution in [2.45, 2.75) is 37.8 Å². The van der Waals surface area contributed by atoms with Crippen molar-refractivity contribution in [3.8, 4) is 0 Å². The Morgan fingerprint density at radius 2 is 2.00 bits per heavy atom. The van der Waals surface area contributed by atoms with Gasteiger partial charge in [0.1, 0.15) is 0 Å². The van der Waals surface area contributed by atoms with E-state index in [4.69, 9.17) is 0 Å². The lowest BCUT2D eigenvalue weighted by molar-refractivity contribution is 0.0919. The molecule has 1 aliphatic rings. The summed E-state index contributed by atoms with van der Waals surface area (Å²) in [4.78, 5) is 12.2. The molecule has 0 bridgehead atoms. The smallest absolute Gasteiger partial charge is 0.252 e. The topological polar surface area (TPSA) is 75.3 Å². The van der Waals surface area contributed by atoms with Crippen LogP contribution in [-0.4, -0.2) is 32.7 Å². The van der Waals surface area contributed by atoms with Crippen LogP contribution in [-0.2, 0) is 10.0 Å². The number of halogens is 1. The molecule has 1 fully saturated rings. The van der Waals surface area contributed by atoms with E-state index in [0.717, 1.165) is 34.8 Å². The summed E-state index contributed by atoms with van der Waals surface area (Å²) in [7, 11) is -3.25. The molecule has 0 radical (unpaired) electrons. The number of carbonyl (C=O) groups excluding carboxylic acids is 1. The van der Waals surface area contributed by atoms with Crippen LogP contribution in [0.3, 0.4) is 0 Å². The Labute approximate surface area is 136 Å². The van der Waals surface area contributed by atoms with E-state index in [2.05, 4.69) is 32.6 Å². The lowest BCUT2D eigenvalue weighted by Crippen LogP contribution is -2.52. The molecule has 1 saturated carbocycles. The first-order valence-corrected chi connectivity index (χ1v) is 10.2. The number of hydrogen-bond donors (Lipinski definition) is 2. The molecule has 2 atom stereocenters. The van der Waals surface area contributed by atoms with E-state index in [1.807, 2.05) is 11.4 Å². The van der Waals surface area contributed by atoms with Gasteiger partial charge in [-0.3, -0.25) is 4.79 Å². The normalized spacial score (nSPS) is 23.5. The number of thiophene rings is 1. The highest BCUT2D eigenvalue weighted by Gasteiger charge is 2.28. The van der Waals surface area contributed by atoms with Gasteiger partial charge in [-0.05, 0) is 41.5 Å². The predicted molar refractivity (Wildman–Crippen MR) is 88.5 cm³/mol. The maximum Gasteiger partial charge on any atom is 0.252 e. The van der Waals surface area contributed by atoms with Gasteiger partial charge >= 0.3 is 0 Å². The zero-order chi connectivity index (χ0) is 14.8. The second-order valence-electron chi connectivity index (χ2n) is 5.00. The lowest BCUT2D eigenvalue weighted by Gasteiger charge is -2.32. The fourth-order valence-corrected chi connectivity index (χ4v) is 4.56. The molecule has 0 unspecified atom stereocenters. The molecule has 112 valence electrons. The Bertz CT molecular complexity index is 585. The molecule has 8 heteroatoms. The Morgan fingerprint density at radius 3 is 2.55 bits per heavy atom. The second kappa shape index (κ2) is 6.71. The first-order valence-electron chi connectivity index (χ1n) is 6.37. The Kier molecular flexibility index (Phi) is 5.43. The highest BCUT2D eigenvalue weighted by Crippen LogP contribution is 2.21. The fourth-order valence-electron chi connectivity index (χ4n) is 2.40. The van der Waals surface area contributed by atoms with Crippen LogP contribution in [0.15, 0.2) is 11.4 Å². The molecule has 1 aromatic heterocycles. The van der Waals surface area contributed by atoms with E-state index in [1.54, 1.807) is 0 Å². The molecule has 1 amide bonds. The molecule has 0 spiro atoms. The van der Waals surface area contributed by atoms with Crippen molar-refractivity contribution < 1.29 is 13.2 Å². The van der Waals surface area contributed by atoms with Crippen molar-refractivity contribution >= 4 is 49.9 Å². The molecule has 0 aliphatic heterocycles. The first-order chi connectivity index (χ1) is 9.35. The van der Waals surface area contributed by atoms with Gasteiger partial charge in [0.25, 0.3) is 5.91 Å². The first kappa shape index (κ1) is 16.2. The second-order valence-corrected chi connectivity index (χ2v) is 9.59. The van der Waals surface area contributed by atoms with Gasteiger partial charge in [-0.2, -0.15) is 0 Å². The van der Waals surface area contributed by atoms with Crippen LogP contribution in [0.25, 0.3) is 0 Å². The molecule has 1 aliphatic carbocycles. The number of rotatable bonds is 4. The zero-order valence-electron chi connectivity index (χ0n) is 11.1. The number of nitrogens with one attached hydrogen (secondary N) is 2. The van der Waals surface area contributed by atoms with Crippen molar-refractivity contribution in [3.63, 3.8) is 0 Å². The maximum atomic E-state index is 12.2. The molecular weight excluding hydrogens is 411 g/mol. The summed E-state index contributed by atoms with van der Waals surface area (Å²) in [5, 5.41) is 4.78.